The summed E-state index contributed by atoms with van der Waals surface area (Å²) >= 11 is 5.07. The van der Waals surface area contributed by atoms with Crippen LogP contribution in [0.5, 0.6) is 5.75 Å². The van der Waals surface area contributed by atoms with Gasteiger partial charge in [-0.1, -0.05) is 30.3 Å². The molecule has 0 saturated carbocycles. The van der Waals surface area contributed by atoms with Crippen LogP contribution in [0.25, 0.3) is 6.08 Å². The fourth-order valence-electron chi connectivity index (χ4n) is 1.94. The monoisotopic (exact) mass is 357 g/mol. The van der Waals surface area contributed by atoms with Gasteiger partial charge in [-0.15, -0.1) is 0 Å². The van der Waals surface area contributed by atoms with Gasteiger partial charge in [0.1, 0.15) is 5.75 Å². The maximum absolute atomic E-state index is 11.9. The molecule has 0 aromatic heterocycles. The molecule has 128 valence electrons. The van der Waals surface area contributed by atoms with Crippen molar-refractivity contribution in [3.8, 4) is 5.75 Å². The Bertz CT molecular complexity index is 822. The summed E-state index contributed by atoms with van der Waals surface area (Å²) in [5, 5.41) is 16.1. The second kappa shape index (κ2) is 8.55. The van der Waals surface area contributed by atoms with Gasteiger partial charge in [-0.2, -0.15) is 0 Å². The average Bonchev–Trinajstić information content (AvgIpc) is 2.61. The number of hydrogen-bond donors (Lipinski definition) is 2. The highest BCUT2D eigenvalue weighted by Crippen LogP contribution is 2.28. The van der Waals surface area contributed by atoms with Crippen LogP contribution < -0.4 is 15.4 Å². The number of carbonyl (C=O) groups is 1. The SMILES string of the molecule is COc1cc([N+](=O)[O-])ccc1NC(=S)NC(=O)/C=C/c1ccccc1. The summed E-state index contributed by atoms with van der Waals surface area (Å²) < 4.78 is 5.09. The second-order valence-electron chi connectivity index (χ2n) is 4.83. The first-order valence-corrected chi connectivity index (χ1v) is 7.58. The Hall–Kier alpha value is -3.26. The number of rotatable bonds is 5. The zero-order valence-electron chi connectivity index (χ0n) is 13.3. The first-order chi connectivity index (χ1) is 12.0. The molecule has 0 unspecified atom stereocenters. The van der Waals surface area contributed by atoms with Crippen molar-refractivity contribution in [1.29, 1.82) is 0 Å². The number of benzene rings is 2. The molecule has 0 heterocycles. The lowest BCUT2D eigenvalue weighted by Gasteiger charge is -2.11. The summed E-state index contributed by atoms with van der Waals surface area (Å²) in [5.41, 5.74) is 1.18. The van der Waals surface area contributed by atoms with E-state index in [-0.39, 0.29) is 16.5 Å². The van der Waals surface area contributed by atoms with E-state index in [4.69, 9.17) is 17.0 Å². The number of non-ortho nitro benzene ring substituents is 1. The third-order valence-electron chi connectivity index (χ3n) is 3.11. The molecule has 0 saturated heterocycles. The second-order valence-corrected chi connectivity index (χ2v) is 5.24. The number of nitro groups is 1. The fraction of sp³-hybridized carbons (Fsp3) is 0.0588. The summed E-state index contributed by atoms with van der Waals surface area (Å²) in [6.45, 7) is 0. The minimum atomic E-state index is -0.527. The molecule has 2 rings (SSSR count). The molecule has 7 nitrogen and oxygen atoms in total. The van der Waals surface area contributed by atoms with E-state index in [2.05, 4.69) is 10.6 Å². The Morgan fingerprint density at radius 3 is 2.60 bits per heavy atom. The normalized spacial score (nSPS) is 10.3. The molecule has 25 heavy (non-hydrogen) atoms. The number of nitro benzene ring substituents is 1. The number of nitrogens with zero attached hydrogens (tertiary/aromatic N) is 1. The van der Waals surface area contributed by atoms with Gasteiger partial charge in [-0.05, 0) is 29.9 Å². The summed E-state index contributed by atoms with van der Waals surface area (Å²) in [4.78, 5) is 22.1. The molecule has 0 aliphatic rings. The summed E-state index contributed by atoms with van der Waals surface area (Å²) in [5.74, 6) is -0.159. The van der Waals surface area contributed by atoms with Crippen LogP contribution in [0.4, 0.5) is 11.4 Å². The smallest absolute Gasteiger partial charge is 0.273 e. The van der Waals surface area contributed by atoms with Crippen LogP contribution in [0.1, 0.15) is 5.56 Å². The molecular weight excluding hydrogens is 342 g/mol. The first-order valence-electron chi connectivity index (χ1n) is 7.17. The van der Waals surface area contributed by atoms with Gasteiger partial charge in [0.15, 0.2) is 5.11 Å². The molecule has 2 aromatic carbocycles. The van der Waals surface area contributed by atoms with Crippen molar-refractivity contribution in [1.82, 2.24) is 5.32 Å². The maximum Gasteiger partial charge on any atom is 0.273 e. The van der Waals surface area contributed by atoms with E-state index in [1.54, 1.807) is 6.08 Å². The van der Waals surface area contributed by atoms with Crippen LogP contribution in [0, 0.1) is 10.1 Å². The van der Waals surface area contributed by atoms with E-state index >= 15 is 0 Å². The lowest BCUT2D eigenvalue weighted by molar-refractivity contribution is -0.384. The van der Waals surface area contributed by atoms with Gasteiger partial charge in [0.25, 0.3) is 5.69 Å². The highest BCUT2D eigenvalue weighted by atomic mass is 32.1. The van der Waals surface area contributed by atoms with Crippen LogP contribution in [0.2, 0.25) is 0 Å². The number of nitrogens with one attached hydrogen (secondary N) is 2. The predicted octanol–water partition coefficient (Wildman–Crippen LogP) is 3.13. The number of hydrogen-bond acceptors (Lipinski definition) is 5. The van der Waals surface area contributed by atoms with Crippen LogP contribution in [-0.2, 0) is 4.79 Å². The van der Waals surface area contributed by atoms with Crippen LogP contribution in [0.15, 0.2) is 54.6 Å². The molecule has 2 aromatic rings. The zero-order valence-corrected chi connectivity index (χ0v) is 14.1. The van der Waals surface area contributed by atoms with E-state index < -0.39 is 10.8 Å². The largest absolute Gasteiger partial charge is 0.494 e. The van der Waals surface area contributed by atoms with E-state index in [0.29, 0.717) is 5.69 Å². The lowest BCUT2D eigenvalue weighted by Crippen LogP contribution is -2.32. The van der Waals surface area contributed by atoms with Gasteiger partial charge in [0.05, 0.1) is 23.8 Å². The summed E-state index contributed by atoms with van der Waals surface area (Å²) in [7, 11) is 1.38. The number of anilines is 1. The molecule has 0 bridgehead atoms. The number of amides is 1. The molecule has 0 fully saturated rings. The van der Waals surface area contributed by atoms with Crippen molar-refractivity contribution in [2.75, 3.05) is 12.4 Å². The first kappa shape index (κ1) is 18.1. The number of methoxy groups -OCH3 is 1. The third-order valence-corrected chi connectivity index (χ3v) is 3.31. The minimum Gasteiger partial charge on any atom is -0.494 e. The average molecular weight is 357 g/mol. The molecule has 0 aliphatic carbocycles. The highest BCUT2D eigenvalue weighted by molar-refractivity contribution is 7.80. The Labute approximate surface area is 149 Å². The maximum atomic E-state index is 11.9. The van der Waals surface area contributed by atoms with Gasteiger partial charge < -0.3 is 10.1 Å². The van der Waals surface area contributed by atoms with Gasteiger partial charge in [-0.25, -0.2) is 0 Å². The summed E-state index contributed by atoms with van der Waals surface area (Å²) in [6.07, 6.45) is 3.01. The number of thiocarbonyl (C=S) groups is 1. The number of ether oxygens (including phenoxy) is 1. The van der Waals surface area contributed by atoms with Gasteiger partial charge >= 0.3 is 0 Å². The van der Waals surface area contributed by atoms with Crippen molar-refractivity contribution in [3.05, 3.63) is 70.3 Å². The quantitative estimate of drug-likeness (QED) is 0.370. The molecule has 0 spiro atoms. The van der Waals surface area contributed by atoms with Crippen LogP contribution in [-0.4, -0.2) is 23.1 Å². The number of carbonyl (C=O) groups excluding carboxylic acids is 1. The van der Waals surface area contributed by atoms with Crippen molar-refractivity contribution >= 4 is 40.7 Å². The molecule has 2 N–H and O–H groups in total. The molecule has 1 amide bonds. The zero-order chi connectivity index (χ0) is 18.2. The molecule has 8 heteroatoms. The third kappa shape index (κ3) is 5.40. The van der Waals surface area contributed by atoms with Crippen molar-refractivity contribution in [2.24, 2.45) is 0 Å². The predicted molar refractivity (Wildman–Crippen MR) is 99.5 cm³/mol. The Morgan fingerprint density at radius 2 is 1.96 bits per heavy atom. The topological polar surface area (TPSA) is 93.5 Å². The van der Waals surface area contributed by atoms with Crippen molar-refractivity contribution < 1.29 is 14.5 Å². The fourth-order valence-corrected chi connectivity index (χ4v) is 2.15. The minimum absolute atomic E-state index is 0.0508. The van der Waals surface area contributed by atoms with E-state index in [1.165, 1.54) is 31.4 Å². The molecule has 0 atom stereocenters. The van der Waals surface area contributed by atoms with E-state index in [1.807, 2.05) is 30.3 Å². The van der Waals surface area contributed by atoms with Gasteiger partial charge in [-0.3, -0.25) is 20.2 Å². The molecule has 0 radical (unpaired) electrons. The van der Waals surface area contributed by atoms with E-state index in [9.17, 15) is 14.9 Å². The van der Waals surface area contributed by atoms with Crippen molar-refractivity contribution in [3.63, 3.8) is 0 Å². The molecular formula is C17H15N3O4S. The van der Waals surface area contributed by atoms with Gasteiger partial charge in [0, 0.05) is 12.1 Å². The Kier molecular flexibility index (Phi) is 6.19. The standard InChI is InChI=1S/C17H15N3O4S/c1-24-15-11-13(20(22)23)8-9-14(15)18-17(25)19-16(21)10-7-12-5-3-2-4-6-12/h2-11H,1H3,(H2,18,19,21,25)/b10-7+. The molecule has 0 aliphatic heterocycles. The summed E-state index contributed by atoms with van der Waals surface area (Å²) in [6, 6.07) is 13.4. The lowest BCUT2D eigenvalue weighted by atomic mass is 10.2. The van der Waals surface area contributed by atoms with E-state index in [0.717, 1.165) is 5.56 Å². The van der Waals surface area contributed by atoms with Crippen LogP contribution >= 0.6 is 12.2 Å². The van der Waals surface area contributed by atoms with Gasteiger partial charge in [0.2, 0.25) is 5.91 Å². The van der Waals surface area contributed by atoms with Crippen LogP contribution in [0.3, 0.4) is 0 Å². The highest BCUT2D eigenvalue weighted by Gasteiger charge is 2.12. The van der Waals surface area contributed by atoms with Crippen molar-refractivity contribution in [2.45, 2.75) is 0 Å². The Balaban J connectivity index is 1.99. The Morgan fingerprint density at radius 1 is 1.24 bits per heavy atom.